The van der Waals surface area contributed by atoms with Gasteiger partial charge in [0.25, 0.3) is 0 Å². The Bertz CT molecular complexity index is 403. The highest BCUT2D eigenvalue weighted by atomic mass is 16.7. The Balaban J connectivity index is 1.65. The van der Waals surface area contributed by atoms with Crippen molar-refractivity contribution in [3.05, 3.63) is 35.9 Å². The number of esters is 1. The van der Waals surface area contributed by atoms with Gasteiger partial charge in [-0.15, -0.1) is 0 Å². The second-order valence-electron chi connectivity index (χ2n) is 4.35. The van der Waals surface area contributed by atoms with Crippen molar-refractivity contribution in [3.63, 3.8) is 0 Å². The summed E-state index contributed by atoms with van der Waals surface area (Å²) in [5.74, 6) is -0.312. The highest BCUT2D eigenvalue weighted by Crippen LogP contribution is 2.29. The lowest BCUT2D eigenvalue weighted by Crippen LogP contribution is -2.36. The van der Waals surface area contributed by atoms with E-state index in [0.29, 0.717) is 12.2 Å². The SMILES string of the molecule is O=C(O[C@H]1CC[C@@H]2CO[C@@H]1O2)c1ccccc1. The van der Waals surface area contributed by atoms with Crippen LogP contribution in [0.15, 0.2) is 30.3 Å². The van der Waals surface area contributed by atoms with Gasteiger partial charge in [0, 0.05) is 0 Å². The fourth-order valence-electron chi connectivity index (χ4n) is 2.20. The van der Waals surface area contributed by atoms with E-state index in [0.717, 1.165) is 12.8 Å². The van der Waals surface area contributed by atoms with E-state index >= 15 is 0 Å². The van der Waals surface area contributed by atoms with Crippen LogP contribution in [0, 0.1) is 0 Å². The van der Waals surface area contributed by atoms with E-state index in [9.17, 15) is 4.79 Å². The summed E-state index contributed by atoms with van der Waals surface area (Å²) in [5, 5.41) is 0. The highest BCUT2D eigenvalue weighted by Gasteiger charge is 2.40. The van der Waals surface area contributed by atoms with Crippen molar-refractivity contribution < 1.29 is 19.0 Å². The maximum Gasteiger partial charge on any atom is 0.338 e. The molecule has 2 aliphatic heterocycles. The Morgan fingerprint density at radius 2 is 2.06 bits per heavy atom. The molecule has 4 heteroatoms. The van der Waals surface area contributed by atoms with Crippen molar-refractivity contribution in [1.82, 2.24) is 0 Å². The minimum atomic E-state index is -0.374. The largest absolute Gasteiger partial charge is 0.453 e. The maximum atomic E-state index is 11.9. The van der Waals surface area contributed by atoms with Crippen molar-refractivity contribution in [2.45, 2.75) is 31.3 Å². The van der Waals surface area contributed by atoms with Gasteiger partial charge in [0.2, 0.25) is 0 Å². The molecule has 0 unspecified atom stereocenters. The molecule has 2 bridgehead atoms. The zero-order valence-corrected chi connectivity index (χ0v) is 9.37. The molecule has 0 spiro atoms. The molecule has 2 saturated heterocycles. The molecule has 0 N–H and O–H groups in total. The van der Waals surface area contributed by atoms with Crippen molar-refractivity contribution in [2.24, 2.45) is 0 Å². The summed E-state index contributed by atoms with van der Waals surface area (Å²) in [5.41, 5.74) is 0.563. The molecule has 0 amide bonds. The van der Waals surface area contributed by atoms with Crippen LogP contribution in [-0.4, -0.2) is 31.1 Å². The number of hydrogen-bond acceptors (Lipinski definition) is 4. The standard InChI is InChI=1S/C13H14O4/c14-12(9-4-2-1-3-5-9)17-11-7-6-10-8-15-13(11)16-10/h1-5,10-11,13H,6-8H2/t10-,11+,13-/m1/s1. The van der Waals surface area contributed by atoms with Gasteiger partial charge in [0.05, 0.1) is 18.3 Å². The molecule has 3 atom stereocenters. The Kier molecular flexibility index (Phi) is 2.82. The van der Waals surface area contributed by atoms with E-state index < -0.39 is 0 Å². The highest BCUT2D eigenvalue weighted by molar-refractivity contribution is 5.89. The van der Waals surface area contributed by atoms with Crippen LogP contribution < -0.4 is 0 Å². The van der Waals surface area contributed by atoms with E-state index in [-0.39, 0.29) is 24.5 Å². The van der Waals surface area contributed by atoms with Crippen molar-refractivity contribution in [2.75, 3.05) is 6.61 Å². The minimum Gasteiger partial charge on any atom is -0.453 e. The number of carbonyl (C=O) groups is 1. The third-order valence-electron chi connectivity index (χ3n) is 3.12. The van der Waals surface area contributed by atoms with Crippen LogP contribution in [0.3, 0.4) is 0 Å². The number of rotatable bonds is 2. The van der Waals surface area contributed by atoms with Gasteiger partial charge in [-0.25, -0.2) is 4.79 Å². The monoisotopic (exact) mass is 234 g/mol. The first-order chi connectivity index (χ1) is 8.33. The molecule has 2 fully saturated rings. The van der Waals surface area contributed by atoms with Gasteiger partial charge < -0.3 is 14.2 Å². The number of ether oxygens (including phenoxy) is 3. The first-order valence-electron chi connectivity index (χ1n) is 5.86. The predicted octanol–water partition coefficient (Wildman–Crippen LogP) is 1.75. The van der Waals surface area contributed by atoms with Crippen molar-refractivity contribution >= 4 is 5.97 Å². The zero-order valence-electron chi connectivity index (χ0n) is 9.37. The minimum absolute atomic E-state index is 0.187. The lowest BCUT2D eigenvalue weighted by molar-refractivity contribution is -0.155. The third kappa shape index (κ3) is 2.18. The molecule has 0 aromatic heterocycles. The molecule has 0 aliphatic carbocycles. The molecule has 0 radical (unpaired) electrons. The average molecular weight is 234 g/mol. The van der Waals surface area contributed by atoms with E-state index in [1.807, 2.05) is 18.2 Å². The van der Waals surface area contributed by atoms with Crippen LogP contribution in [0.25, 0.3) is 0 Å². The van der Waals surface area contributed by atoms with Gasteiger partial charge in [0.1, 0.15) is 0 Å². The number of carbonyl (C=O) groups excluding carboxylic acids is 1. The summed E-state index contributed by atoms with van der Waals surface area (Å²) in [6.07, 6.45) is 1.24. The molecule has 2 heterocycles. The number of benzene rings is 1. The summed E-state index contributed by atoms with van der Waals surface area (Å²) < 4.78 is 16.4. The molecule has 1 aromatic rings. The zero-order chi connectivity index (χ0) is 11.7. The Hall–Kier alpha value is -1.39. The topological polar surface area (TPSA) is 44.8 Å². The summed E-state index contributed by atoms with van der Waals surface area (Å²) >= 11 is 0. The second kappa shape index (κ2) is 4.47. The Morgan fingerprint density at radius 3 is 2.88 bits per heavy atom. The fraction of sp³-hybridized carbons (Fsp3) is 0.462. The summed E-state index contributed by atoms with van der Waals surface area (Å²) in [4.78, 5) is 11.9. The number of fused-ring (bicyclic) bond motifs is 2. The van der Waals surface area contributed by atoms with Crippen LogP contribution in [0.1, 0.15) is 23.2 Å². The van der Waals surface area contributed by atoms with E-state index in [2.05, 4.69) is 0 Å². The molecular weight excluding hydrogens is 220 g/mol. The van der Waals surface area contributed by atoms with Crippen LogP contribution >= 0.6 is 0 Å². The molecule has 3 rings (SSSR count). The first-order valence-corrected chi connectivity index (χ1v) is 5.86. The molecular formula is C13H14O4. The van der Waals surface area contributed by atoms with Crippen molar-refractivity contribution in [1.29, 1.82) is 0 Å². The van der Waals surface area contributed by atoms with E-state index in [1.165, 1.54) is 0 Å². The fourth-order valence-corrected chi connectivity index (χ4v) is 2.20. The summed E-state index contributed by atoms with van der Waals surface area (Å²) in [6, 6.07) is 8.98. The molecule has 17 heavy (non-hydrogen) atoms. The van der Waals surface area contributed by atoms with E-state index in [1.54, 1.807) is 12.1 Å². The quantitative estimate of drug-likeness (QED) is 0.731. The van der Waals surface area contributed by atoms with Gasteiger partial charge in [-0.05, 0) is 25.0 Å². The van der Waals surface area contributed by atoms with Crippen LogP contribution in [0.2, 0.25) is 0 Å². The third-order valence-corrected chi connectivity index (χ3v) is 3.12. The van der Waals surface area contributed by atoms with Gasteiger partial charge >= 0.3 is 5.97 Å². The second-order valence-corrected chi connectivity index (χ2v) is 4.35. The Labute approximate surface area is 99.5 Å². The molecule has 2 aliphatic rings. The summed E-state index contributed by atoms with van der Waals surface area (Å²) in [7, 11) is 0. The maximum absolute atomic E-state index is 11.9. The smallest absolute Gasteiger partial charge is 0.338 e. The Morgan fingerprint density at radius 1 is 1.24 bits per heavy atom. The molecule has 4 nitrogen and oxygen atoms in total. The van der Waals surface area contributed by atoms with Crippen LogP contribution in [-0.2, 0) is 14.2 Å². The van der Waals surface area contributed by atoms with Crippen molar-refractivity contribution in [3.8, 4) is 0 Å². The normalized spacial score (nSPS) is 31.2. The van der Waals surface area contributed by atoms with Gasteiger partial charge in [-0.2, -0.15) is 0 Å². The summed E-state index contributed by atoms with van der Waals surface area (Å²) in [6.45, 7) is 0.615. The van der Waals surface area contributed by atoms with Crippen LogP contribution in [0.4, 0.5) is 0 Å². The number of hydrogen-bond donors (Lipinski definition) is 0. The predicted molar refractivity (Wildman–Crippen MR) is 59.5 cm³/mol. The lowest BCUT2D eigenvalue weighted by Gasteiger charge is -2.26. The van der Waals surface area contributed by atoms with Gasteiger partial charge in [-0.1, -0.05) is 18.2 Å². The van der Waals surface area contributed by atoms with E-state index in [4.69, 9.17) is 14.2 Å². The molecule has 1 aromatic carbocycles. The average Bonchev–Trinajstić information content (AvgIpc) is 2.77. The van der Waals surface area contributed by atoms with Gasteiger partial charge in [0.15, 0.2) is 12.4 Å². The van der Waals surface area contributed by atoms with Crippen LogP contribution in [0.5, 0.6) is 0 Å². The molecule has 90 valence electrons. The lowest BCUT2D eigenvalue weighted by atomic mass is 10.1. The van der Waals surface area contributed by atoms with Gasteiger partial charge in [-0.3, -0.25) is 0 Å². The molecule has 0 saturated carbocycles. The first kappa shape index (κ1) is 10.7.